The fraction of sp³-hybridized carbons (Fsp3) is 0.333. The molecule has 0 amide bonds. The quantitative estimate of drug-likeness (QED) is 0.338. The molecule has 0 aliphatic rings. The van der Waals surface area contributed by atoms with Gasteiger partial charge in [0.1, 0.15) is 0 Å². The van der Waals surface area contributed by atoms with Crippen molar-refractivity contribution < 1.29 is 14.4 Å². The lowest BCUT2D eigenvalue weighted by Crippen LogP contribution is -2.02. The molecule has 0 unspecified atom stereocenters. The van der Waals surface area contributed by atoms with Gasteiger partial charge in [-0.15, -0.1) is 11.6 Å². The molecule has 82 valence electrons. The number of rotatable bonds is 5. The zero-order chi connectivity index (χ0) is 11.3. The van der Waals surface area contributed by atoms with Crippen molar-refractivity contribution in [2.24, 2.45) is 0 Å². The monoisotopic (exact) mass is 231 g/mol. The van der Waals surface area contributed by atoms with Crippen LogP contribution in [-0.2, 0) is 10.6 Å². The number of hydrogen-bond donors (Lipinski definition) is 0. The topological polar surface area (TPSA) is 61.6 Å². The molecule has 1 aromatic rings. The van der Waals surface area contributed by atoms with Crippen LogP contribution in [0.4, 0.5) is 5.69 Å². The van der Waals surface area contributed by atoms with Gasteiger partial charge < -0.3 is 9.47 Å². The molecule has 0 fully saturated rings. The summed E-state index contributed by atoms with van der Waals surface area (Å²) >= 11 is 5.61. The van der Waals surface area contributed by atoms with E-state index < -0.39 is 4.92 Å². The van der Waals surface area contributed by atoms with Gasteiger partial charge in [0.15, 0.2) is 12.5 Å². The van der Waals surface area contributed by atoms with Gasteiger partial charge in [-0.05, 0) is 11.6 Å². The molecular weight excluding hydrogens is 222 g/mol. The summed E-state index contributed by atoms with van der Waals surface area (Å²) in [6.45, 7) is -0.0351. The summed E-state index contributed by atoms with van der Waals surface area (Å²) in [6.07, 6.45) is 0. The van der Waals surface area contributed by atoms with E-state index >= 15 is 0 Å². The van der Waals surface area contributed by atoms with E-state index in [1.807, 2.05) is 0 Å². The first-order valence-electron chi connectivity index (χ1n) is 4.14. The van der Waals surface area contributed by atoms with Crippen molar-refractivity contribution in [3.05, 3.63) is 33.9 Å². The molecule has 15 heavy (non-hydrogen) atoms. The predicted octanol–water partition coefficient (Wildman–Crippen LogP) is 2.32. The van der Waals surface area contributed by atoms with E-state index in [-0.39, 0.29) is 24.1 Å². The van der Waals surface area contributed by atoms with E-state index in [1.165, 1.54) is 19.2 Å². The van der Waals surface area contributed by atoms with Crippen LogP contribution in [0.3, 0.4) is 0 Å². The number of nitrogens with zero attached hydrogens (tertiary/aromatic N) is 1. The summed E-state index contributed by atoms with van der Waals surface area (Å²) in [5.74, 6) is 0.446. The SMILES string of the molecule is COCOc1cc(CCl)ccc1[N+](=O)[O-]. The third kappa shape index (κ3) is 3.07. The normalized spacial score (nSPS) is 10.0. The minimum absolute atomic E-state index is 0.0351. The van der Waals surface area contributed by atoms with Crippen molar-refractivity contribution in [2.75, 3.05) is 13.9 Å². The maximum Gasteiger partial charge on any atom is 0.311 e. The number of halogens is 1. The Labute approximate surface area is 91.7 Å². The molecule has 0 saturated carbocycles. The zero-order valence-corrected chi connectivity index (χ0v) is 8.86. The first kappa shape index (κ1) is 11.7. The van der Waals surface area contributed by atoms with Gasteiger partial charge in [0.2, 0.25) is 0 Å². The third-order valence-corrected chi connectivity index (χ3v) is 2.02. The molecule has 0 aliphatic heterocycles. The lowest BCUT2D eigenvalue weighted by Gasteiger charge is -2.06. The second-order valence-corrected chi connectivity index (χ2v) is 3.01. The number of benzene rings is 1. The van der Waals surface area contributed by atoms with Gasteiger partial charge in [0.05, 0.1) is 4.92 Å². The number of alkyl halides is 1. The first-order valence-corrected chi connectivity index (χ1v) is 4.67. The highest BCUT2D eigenvalue weighted by Crippen LogP contribution is 2.28. The Morgan fingerprint density at radius 3 is 2.80 bits per heavy atom. The average Bonchev–Trinajstić information content (AvgIpc) is 2.25. The Kier molecular flexibility index (Phi) is 4.33. The molecular formula is C9H10ClNO4. The summed E-state index contributed by atoms with van der Waals surface area (Å²) in [5, 5.41) is 10.6. The van der Waals surface area contributed by atoms with Gasteiger partial charge in [-0.25, -0.2) is 0 Å². The summed E-state index contributed by atoms with van der Waals surface area (Å²) < 4.78 is 9.74. The molecule has 1 rings (SSSR count). The fourth-order valence-electron chi connectivity index (χ4n) is 1.03. The van der Waals surface area contributed by atoms with E-state index in [1.54, 1.807) is 6.07 Å². The molecule has 0 atom stereocenters. The van der Waals surface area contributed by atoms with Crippen LogP contribution in [0.15, 0.2) is 18.2 Å². The molecule has 0 heterocycles. The van der Waals surface area contributed by atoms with Crippen LogP contribution < -0.4 is 4.74 Å². The van der Waals surface area contributed by atoms with E-state index in [9.17, 15) is 10.1 Å². The summed E-state index contributed by atoms with van der Waals surface area (Å²) in [7, 11) is 1.44. The maximum atomic E-state index is 10.6. The number of methoxy groups -OCH3 is 1. The Balaban J connectivity index is 2.99. The van der Waals surface area contributed by atoms with Crippen molar-refractivity contribution in [1.29, 1.82) is 0 Å². The standard InChI is InChI=1S/C9H10ClNO4/c1-14-6-15-9-4-7(5-10)2-3-8(9)11(12)13/h2-4H,5-6H2,1H3. The van der Waals surface area contributed by atoms with Gasteiger partial charge in [0, 0.05) is 19.1 Å². The van der Waals surface area contributed by atoms with Crippen LogP contribution >= 0.6 is 11.6 Å². The molecule has 0 radical (unpaired) electrons. The van der Waals surface area contributed by atoms with E-state index in [0.717, 1.165) is 5.56 Å². The predicted molar refractivity (Wildman–Crippen MR) is 55.2 cm³/mol. The molecule has 5 nitrogen and oxygen atoms in total. The Morgan fingerprint density at radius 2 is 2.27 bits per heavy atom. The molecule has 0 aromatic heterocycles. The highest BCUT2D eigenvalue weighted by molar-refractivity contribution is 6.17. The van der Waals surface area contributed by atoms with Gasteiger partial charge in [-0.1, -0.05) is 6.07 Å². The Morgan fingerprint density at radius 1 is 1.53 bits per heavy atom. The molecule has 0 saturated heterocycles. The lowest BCUT2D eigenvalue weighted by molar-refractivity contribution is -0.386. The number of nitro benzene ring substituents is 1. The summed E-state index contributed by atoms with van der Waals surface area (Å²) in [5.41, 5.74) is 0.661. The smallest absolute Gasteiger partial charge is 0.311 e. The number of hydrogen-bond acceptors (Lipinski definition) is 4. The summed E-state index contributed by atoms with van der Waals surface area (Å²) in [4.78, 5) is 10.1. The van der Waals surface area contributed by atoms with Gasteiger partial charge in [-0.3, -0.25) is 10.1 Å². The zero-order valence-electron chi connectivity index (χ0n) is 8.10. The number of ether oxygens (including phenoxy) is 2. The first-order chi connectivity index (χ1) is 7.19. The van der Waals surface area contributed by atoms with Crippen molar-refractivity contribution in [1.82, 2.24) is 0 Å². The van der Waals surface area contributed by atoms with Crippen molar-refractivity contribution in [3.63, 3.8) is 0 Å². The Bertz CT molecular complexity index is 356. The average molecular weight is 232 g/mol. The van der Waals surface area contributed by atoms with E-state index in [2.05, 4.69) is 4.74 Å². The lowest BCUT2D eigenvalue weighted by atomic mass is 10.2. The second-order valence-electron chi connectivity index (χ2n) is 2.74. The third-order valence-electron chi connectivity index (χ3n) is 1.71. The van der Waals surface area contributed by atoms with Crippen LogP contribution in [0.25, 0.3) is 0 Å². The van der Waals surface area contributed by atoms with Crippen LogP contribution in [0.1, 0.15) is 5.56 Å². The van der Waals surface area contributed by atoms with Crippen LogP contribution in [0, 0.1) is 10.1 Å². The number of nitro groups is 1. The van der Waals surface area contributed by atoms with Crippen LogP contribution in [0.2, 0.25) is 0 Å². The Hall–Kier alpha value is -1.33. The van der Waals surface area contributed by atoms with Crippen molar-refractivity contribution >= 4 is 17.3 Å². The fourth-order valence-corrected chi connectivity index (χ4v) is 1.20. The molecule has 1 aromatic carbocycles. The highest BCUT2D eigenvalue weighted by atomic mass is 35.5. The van der Waals surface area contributed by atoms with Crippen molar-refractivity contribution in [3.8, 4) is 5.75 Å². The van der Waals surface area contributed by atoms with Crippen molar-refractivity contribution in [2.45, 2.75) is 5.88 Å². The van der Waals surface area contributed by atoms with Gasteiger partial charge in [0.25, 0.3) is 0 Å². The van der Waals surface area contributed by atoms with Crippen LogP contribution in [0.5, 0.6) is 5.75 Å². The molecule has 0 spiro atoms. The molecule has 6 heteroatoms. The van der Waals surface area contributed by atoms with E-state index in [4.69, 9.17) is 16.3 Å². The van der Waals surface area contributed by atoms with Crippen LogP contribution in [-0.4, -0.2) is 18.8 Å². The second kappa shape index (κ2) is 5.53. The molecule has 0 aliphatic carbocycles. The minimum atomic E-state index is -0.511. The molecule has 0 bridgehead atoms. The van der Waals surface area contributed by atoms with Gasteiger partial charge in [-0.2, -0.15) is 0 Å². The van der Waals surface area contributed by atoms with Gasteiger partial charge >= 0.3 is 5.69 Å². The molecule has 0 N–H and O–H groups in total. The summed E-state index contributed by atoms with van der Waals surface area (Å²) in [6, 6.07) is 4.48. The largest absolute Gasteiger partial charge is 0.460 e. The maximum absolute atomic E-state index is 10.6. The minimum Gasteiger partial charge on any atom is -0.460 e. The highest BCUT2D eigenvalue weighted by Gasteiger charge is 2.15. The van der Waals surface area contributed by atoms with E-state index in [0.29, 0.717) is 0 Å².